The van der Waals surface area contributed by atoms with Crippen LogP contribution in [0.25, 0.3) is 0 Å². The number of carbonyl (C=O) groups excluding carboxylic acids is 1. The lowest BCUT2D eigenvalue weighted by Gasteiger charge is -2.28. The van der Waals surface area contributed by atoms with Gasteiger partial charge in [0, 0.05) is 7.05 Å². The van der Waals surface area contributed by atoms with E-state index in [1.807, 2.05) is 30.3 Å². The summed E-state index contributed by atoms with van der Waals surface area (Å²) in [6, 6.07) is 12.8. The number of hydrogen-bond acceptors (Lipinski definition) is 4. The maximum atomic E-state index is 12.7. The smallest absolute Gasteiger partial charge is 0.317 e. The summed E-state index contributed by atoms with van der Waals surface area (Å²) in [5, 5.41) is 3.66. The number of amides is 2. The molecule has 0 saturated heterocycles. The van der Waals surface area contributed by atoms with Crippen LogP contribution in [-0.4, -0.2) is 44.3 Å². The maximum Gasteiger partial charge on any atom is 0.317 e. The Kier molecular flexibility index (Phi) is 7.09. The highest BCUT2D eigenvalue weighted by atomic mass is 35.5. The Morgan fingerprint density at radius 2 is 1.90 bits per heavy atom. The van der Waals surface area contributed by atoms with Crippen LogP contribution in [0, 0.1) is 5.92 Å². The summed E-state index contributed by atoms with van der Waals surface area (Å²) >= 11 is 6.09. The first-order valence-electron chi connectivity index (χ1n) is 9.74. The third-order valence-electron chi connectivity index (χ3n) is 4.74. The molecule has 0 radical (unpaired) electrons. The summed E-state index contributed by atoms with van der Waals surface area (Å²) in [4.78, 5) is 14.3. The second-order valence-corrected chi connectivity index (χ2v) is 7.68. The van der Waals surface area contributed by atoms with Gasteiger partial charge in [0.25, 0.3) is 0 Å². The second-order valence-electron chi connectivity index (χ2n) is 7.27. The number of para-hydroxylation sites is 1. The zero-order valence-electron chi connectivity index (χ0n) is 17.0. The molecular weight excluding hydrogens is 392 g/mol. The number of ether oxygens (including phenoxy) is 3. The number of carbonyl (C=O) groups is 1. The van der Waals surface area contributed by atoms with Crippen molar-refractivity contribution in [3.05, 3.63) is 53.1 Å². The lowest BCUT2D eigenvalue weighted by atomic mass is 9.95. The van der Waals surface area contributed by atoms with E-state index in [9.17, 15) is 4.79 Å². The Labute approximate surface area is 176 Å². The normalized spacial score (nSPS) is 13.7. The van der Waals surface area contributed by atoms with Crippen molar-refractivity contribution in [3.8, 4) is 17.2 Å². The van der Waals surface area contributed by atoms with Gasteiger partial charge in [-0.2, -0.15) is 0 Å². The molecule has 2 aromatic carbocycles. The minimum absolute atomic E-state index is 0.148. The Morgan fingerprint density at radius 3 is 2.62 bits per heavy atom. The summed E-state index contributed by atoms with van der Waals surface area (Å²) < 4.78 is 16.9. The van der Waals surface area contributed by atoms with Gasteiger partial charge in [0.2, 0.25) is 0 Å². The highest BCUT2D eigenvalue weighted by Gasteiger charge is 2.22. The molecule has 0 aromatic heterocycles. The number of urea groups is 1. The van der Waals surface area contributed by atoms with Crippen molar-refractivity contribution in [2.24, 2.45) is 5.92 Å². The second kappa shape index (κ2) is 9.74. The summed E-state index contributed by atoms with van der Waals surface area (Å²) in [7, 11) is 1.74. The molecular formula is C22H27ClN2O4. The molecule has 0 bridgehead atoms. The third-order valence-corrected chi connectivity index (χ3v) is 5.05. The molecule has 156 valence electrons. The largest absolute Gasteiger partial charge is 0.490 e. The monoisotopic (exact) mass is 418 g/mol. The molecule has 0 fully saturated rings. The number of nitrogens with one attached hydrogen (secondary N) is 1. The zero-order chi connectivity index (χ0) is 20.8. The number of hydrogen-bond donors (Lipinski definition) is 1. The van der Waals surface area contributed by atoms with Crippen molar-refractivity contribution >= 4 is 17.6 Å². The number of likely N-dealkylation sites (N-methyl/N-ethyl adjacent to an activating group) is 1. The SMILES string of the molecule is CC(C)[C@H](NC(=O)N(C)CCOc1ccccc1Cl)c1ccc2c(c1)OCCO2. The van der Waals surface area contributed by atoms with Crippen LogP contribution < -0.4 is 19.5 Å². The van der Waals surface area contributed by atoms with Crippen molar-refractivity contribution in [2.45, 2.75) is 19.9 Å². The van der Waals surface area contributed by atoms with Gasteiger partial charge in [0.15, 0.2) is 11.5 Å². The van der Waals surface area contributed by atoms with Gasteiger partial charge < -0.3 is 24.4 Å². The van der Waals surface area contributed by atoms with Gasteiger partial charge in [-0.05, 0) is 35.7 Å². The van der Waals surface area contributed by atoms with E-state index in [2.05, 4.69) is 19.2 Å². The van der Waals surface area contributed by atoms with Gasteiger partial charge in [-0.1, -0.05) is 43.6 Å². The van der Waals surface area contributed by atoms with Gasteiger partial charge in [0.05, 0.1) is 17.6 Å². The highest BCUT2D eigenvalue weighted by Crippen LogP contribution is 2.34. The van der Waals surface area contributed by atoms with Gasteiger partial charge in [-0.25, -0.2) is 4.79 Å². The Balaban J connectivity index is 1.58. The van der Waals surface area contributed by atoms with Crippen molar-refractivity contribution in [1.82, 2.24) is 10.2 Å². The number of rotatable bonds is 7. The van der Waals surface area contributed by atoms with Crippen molar-refractivity contribution < 1.29 is 19.0 Å². The molecule has 0 unspecified atom stereocenters. The van der Waals surface area contributed by atoms with E-state index in [4.69, 9.17) is 25.8 Å². The molecule has 0 spiro atoms. The first-order valence-corrected chi connectivity index (χ1v) is 10.1. The van der Waals surface area contributed by atoms with Crippen LogP contribution in [-0.2, 0) is 0 Å². The quantitative estimate of drug-likeness (QED) is 0.717. The van der Waals surface area contributed by atoms with Crippen molar-refractivity contribution in [1.29, 1.82) is 0 Å². The summed E-state index contributed by atoms with van der Waals surface area (Å²) in [6.45, 7) is 6.01. The number of benzene rings is 2. The molecule has 1 atom stereocenters. The van der Waals surface area contributed by atoms with Gasteiger partial charge >= 0.3 is 6.03 Å². The first kappa shape index (κ1) is 21.1. The highest BCUT2D eigenvalue weighted by molar-refractivity contribution is 6.32. The van der Waals surface area contributed by atoms with E-state index in [1.54, 1.807) is 24.1 Å². The van der Waals surface area contributed by atoms with E-state index >= 15 is 0 Å². The molecule has 1 aliphatic rings. The van der Waals surface area contributed by atoms with Crippen LogP contribution >= 0.6 is 11.6 Å². The van der Waals surface area contributed by atoms with Crippen LogP contribution in [0.15, 0.2) is 42.5 Å². The number of halogens is 1. The fourth-order valence-electron chi connectivity index (χ4n) is 3.09. The van der Waals surface area contributed by atoms with Gasteiger partial charge in [0.1, 0.15) is 25.6 Å². The molecule has 3 rings (SSSR count). The van der Waals surface area contributed by atoms with E-state index < -0.39 is 0 Å². The van der Waals surface area contributed by atoms with E-state index in [0.717, 1.165) is 17.1 Å². The predicted octanol–water partition coefficient (Wildman–Crippen LogP) is 4.53. The Morgan fingerprint density at radius 1 is 1.17 bits per heavy atom. The summed E-state index contributed by atoms with van der Waals surface area (Å²) in [6.07, 6.45) is 0. The molecule has 0 aliphatic carbocycles. The summed E-state index contributed by atoms with van der Waals surface area (Å²) in [5.74, 6) is 2.27. The summed E-state index contributed by atoms with van der Waals surface area (Å²) in [5.41, 5.74) is 0.985. The lowest BCUT2D eigenvalue weighted by Crippen LogP contribution is -2.42. The minimum Gasteiger partial charge on any atom is -0.490 e. The molecule has 6 nitrogen and oxygen atoms in total. The molecule has 2 aromatic rings. The van der Waals surface area contributed by atoms with E-state index in [0.29, 0.717) is 37.1 Å². The molecule has 1 aliphatic heterocycles. The number of nitrogens with zero attached hydrogens (tertiary/aromatic N) is 1. The topological polar surface area (TPSA) is 60.0 Å². The molecule has 2 amide bonds. The standard InChI is InChI=1S/C22H27ClN2O4/c1-15(2)21(16-8-9-19-20(14-16)29-13-12-28-19)24-22(26)25(3)10-11-27-18-7-5-4-6-17(18)23/h4-9,14-15,21H,10-13H2,1-3H3,(H,24,26)/t21-/m0/s1. The average Bonchev–Trinajstić information content (AvgIpc) is 2.72. The zero-order valence-corrected chi connectivity index (χ0v) is 17.7. The third kappa shape index (κ3) is 5.48. The fraction of sp³-hybridized carbons (Fsp3) is 0.409. The average molecular weight is 419 g/mol. The maximum absolute atomic E-state index is 12.7. The molecule has 0 saturated carbocycles. The lowest BCUT2D eigenvalue weighted by molar-refractivity contribution is 0.171. The van der Waals surface area contributed by atoms with E-state index in [1.165, 1.54) is 0 Å². The molecule has 29 heavy (non-hydrogen) atoms. The molecule has 1 N–H and O–H groups in total. The van der Waals surface area contributed by atoms with Crippen LogP contribution in [0.1, 0.15) is 25.5 Å². The van der Waals surface area contributed by atoms with Crippen LogP contribution in [0.5, 0.6) is 17.2 Å². The van der Waals surface area contributed by atoms with Gasteiger partial charge in [-0.3, -0.25) is 0 Å². The Hall–Kier alpha value is -2.60. The van der Waals surface area contributed by atoms with Gasteiger partial charge in [-0.15, -0.1) is 0 Å². The molecule has 7 heteroatoms. The van der Waals surface area contributed by atoms with Crippen molar-refractivity contribution in [3.63, 3.8) is 0 Å². The fourth-order valence-corrected chi connectivity index (χ4v) is 3.28. The molecule has 1 heterocycles. The Bertz CT molecular complexity index is 843. The minimum atomic E-state index is -0.165. The predicted molar refractivity (Wildman–Crippen MR) is 113 cm³/mol. The van der Waals surface area contributed by atoms with Crippen LogP contribution in [0.3, 0.4) is 0 Å². The van der Waals surface area contributed by atoms with Crippen LogP contribution in [0.2, 0.25) is 5.02 Å². The number of fused-ring (bicyclic) bond motifs is 1. The first-order chi connectivity index (χ1) is 14.0. The van der Waals surface area contributed by atoms with Crippen LogP contribution in [0.4, 0.5) is 4.79 Å². The van der Waals surface area contributed by atoms with E-state index in [-0.39, 0.29) is 18.0 Å². The van der Waals surface area contributed by atoms with Crippen molar-refractivity contribution in [2.75, 3.05) is 33.4 Å².